The Morgan fingerprint density at radius 1 is 1.26 bits per heavy atom. The Labute approximate surface area is 173 Å². The third kappa shape index (κ3) is 5.72. The lowest BCUT2D eigenvalue weighted by atomic mass is 10.1. The van der Waals surface area contributed by atoms with Gasteiger partial charge in [0.1, 0.15) is 5.75 Å². The molecule has 1 amide bonds. The fourth-order valence-electron chi connectivity index (χ4n) is 2.18. The molecule has 9 heteroatoms. The van der Waals surface area contributed by atoms with E-state index in [1.54, 1.807) is 25.3 Å². The average Bonchev–Trinajstić information content (AvgIpc) is 3.11. The van der Waals surface area contributed by atoms with Gasteiger partial charge in [-0.1, -0.05) is 35.5 Å². The number of thioether (sulfide) groups is 1. The predicted octanol–water partition coefficient (Wildman–Crippen LogP) is 4.82. The molecule has 0 fully saturated rings. The molecule has 0 atom stereocenters. The van der Waals surface area contributed by atoms with Crippen molar-refractivity contribution in [2.45, 2.75) is 11.6 Å². The summed E-state index contributed by atoms with van der Waals surface area (Å²) in [7, 11) is 1.62. The molecule has 0 saturated carbocycles. The van der Waals surface area contributed by atoms with Gasteiger partial charge in [0.05, 0.1) is 24.3 Å². The maximum absolute atomic E-state index is 12.1. The molecule has 0 bridgehead atoms. The lowest BCUT2D eigenvalue weighted by Gasteiger charge is -2.05. The SMILES string of the molecule is COc1ccc(Cc2nnc(SCC(=O)Nc3ccc(Cl)c(Br)c3)o2)cc1. The zero-order chi connectivity index (χ0) is 19.2. The van der Waals surface area contributed by atoms with E-state index in [9.17, 15) is 4.79 Å². The molecule has 0 aliphatic heterocycles. The minimum Gasteiger partial charge on any atom is -0.497 e. The van der Waals surface area contributed by atoms with Gasteiger partial charge in [0, 0.05) is 10.2 Å². The summed E-state index contributed by atoms with van der Waals surface area (Å²) in [5.41, 5.74) is 1.68. The Hall–Kier alpha value is -2.03. The van der Waals surface area contributed by atoms with Crippen molar-refractivity contribution in [2.75, 3.05) is 18.2 Å². The summed E-state index contributed by atoms with van der Waals surface area (Å²) in [5.74, 6) is 1.26. The molecule has 0 saturated heterocycles. The number of amides is 1. The molecule has 1 heterocycles. The highest BCUT2D eigenvalue weighted by Crippen LogP contribution is 2.26. The maximum Gasteiger partial charge on any atom is 0.277 e. The lowest BCUT2D eigenvalue weighted by Crippen LogP contribution is -2.13. The molecule has 1 aromatic heterocycles. The maximum atomic E-state index is 12.1. The Morgan fingerprint density at radius 2 is 2.04 bits per heavy atom. The number of methoxy groups -OCH3 is 1. The van der Waals surface area contributed by atoms with Gasteiger partial charge in [0.2, 0.25) is 11.8 Å². The van der Waals surface area contributed by atoms with Crippen LogP contribution in [0.4, 0.5) is 5.69 Å². The van der Waals surface area contributed by atoms with Gasteiger partial charge < -0.3 is 14.5 Å². The van der Waals surface area contributed by atoms with Crippen LogP contribution >= 0.6 is 39.3 Å². The average molecular weight is 469 g/mol. The van der Waals surface area contributed by atoms with E-state index in [1.165, 1.54) is 11.8 Å². The van der Waals surface area contributed by atoms with Crippen LogP contribution < -0.4 is 10.1 Å². The zero-order valence-electron chi connectivity index (χ0n) is 14.2. The van der Waals surface area contributed by atoms with Crippen molar-refractivity contribution in [1.29, 1.82) is 0 Å². The molecule has 3 aromatic rings. The minimum absolute atomic E-state index is 0.157. The van der Waals surface area contributed by atoms with Crippen LogP contribution in [-0.2, 0) is 11.2 Å². The predicted molar refractivity (Wildman–Crippen MR) is 109 cm³/mol. The number of hydrogen-bond acceptors (Lipinski definition) is 6. The van der Waals surface area contributed by atoms with E-state index >= 15 is 0 Å². The fourth-order valence-corrected chi connectivity index (χ4v) is 3.26. The molecule has 0 spiro atoms. The third-order valence-corrected chi connectivity index (χ3v) is 5.53. The van der Waals surface area contributed by atoms with Crippen LogP contribution in [0.25, 0.3) is 0 Å². The summed E-state index contributed by atoms with van der Waals surface area (Å²) in [6, 6.07) is 12.8. The van der Waals surface area contributed by atoms with Gasteiger partial charge in [-0.15, -0.1) is 10.2 Å². The second-order valence-corrected chi connectivity index (χ2v) is 7.64. The number of aromatic nitrogens is 2. The van der Waals surface area contributed by atoms with Crippen LogP contribution in [0.3, 0.4) is 0 Å². The summed E-state index contributed by atoms with van der Waals surface area (Å²) >= 11 is 10.4. The number of benzene rings is 2. The van der Waals surface area contributed by atoms with Crippen molar-refractivity contribution in [2.24, 2.45) is 0 Å². The van der Waals surface area contributed by atoms with Gasteiger partial charge in [0.15, 0.2) is 0 Å². The molecule has 2 aromatic carbocycles. The summed E-state index contributed by atoms with van der Waals surface area (Å²) in [6.45, 7) is 0. The van der Waals surface area contributed by atoms with Crippen molar-refractivity contribution in [3.05, 3.63) is 63.4 Å². The molecule has 27 heavy (non-hydrogen) atoms. The Balaban J connectivity index is 1.51. The van der Waals surface area contributed by atoms with Crippen molar-refractivity contribution < 1.29 is 13.9 Å². The van der Waals surface area contributed by atoms with Gasteiger partial charge in [-0.2, -0.15) is 0 Å². The summed E-state index contributed by atoms with van der Waals surface area (Å²) < 4.78 is 11.4. The molecular weight excluding hydrogens is 454 g/mol. The van der Waals surface area contributed by atoms with E-state index in [1.807, 2.05) is 24.3 Å². The highest BCUT2D eigenvalue weighted by atomic mass is 79.9. The molecule has 140 valence electrons. The first-order valence-electron chi connectivity index (χ1n) is 7.86. The topological polar surface area (TPSA) is 77.2 Å². The molecule has 6 nitrogen and oxygen atoms in total. The van der Waals surface area contributed by atoms with Crippen LogP contribution in [-0.4, -0.2) is 29.0 Å². The first kappa shape index (κ1) is 19.7. The highest BCUT2D eigenvalue weighted by molar-refractivity contribution is 9.10. The Kier molecular flexibility index (Phi) is 6.76. The molecule has 1 N–H and O–H groups in total. The van der Waals surface area contributed by atoms with Gasteiger partial charge in [-0.3, -0.25) is 4.79 Å². The number of carbonyl (C=O) groups excluding carboxylic acids is 1. The second-order valence-electron chi connectivity index (χ2n) is 5.45. The molecule has 0 aliphatic carbocycles. The molecule has 3 rings (SSSR count). The second kappa shape index (κ2) is 9.25. The quantitative estimate of drug-likeness (QED) is 0.501. The van der Waals surface area contributed by atoms with Gasteiger partial charge in [-0.25, -0.2) is 0 Å². The summed E-state index contributed by atoms with van der Waals surface area (Å²) in [6.07, 6.45) is 0.516. The Bertz CT molecular complexity index is 934. The van der Waals surface area contributed by atoms with E-state index in [4.69, 9.17) is 20.8 Å². The normalized spacial score (nSPS) is 10.6. The fraction of sp³-hybridized carbons (Fsp3) is 0.167. The molecule has 0 aliphatic rings. The molecule has 0 unspecified atom stereocenters. The van der Waals surface area contributed by atoms with Gasteiger partial charge >= 0.3 is 0 Å². The summed E-state index contributed by atoms with van der Waals surface area (Å²) in [4.78, 5) is 12.1. The van der Waals surface area contributed by atoms with Crippen molar-refractivity contribution in [3.63, 3.8) is 0 Å². The zero-order valence-corrected chi connectivity index (χ0v) is 17.4. The summed E-state index contributed by atoms with van der Waals surface area (Å²) in [5, 5.41) is 11.7. The van der Waals surface area contributed by atoms with Crippen LogP contribution in [0.5, 0.6) is 5.75 Å². The van der Waals surface area contributed by atoms with Crippen LogP contribution in [0.1, 0.15) is 11.5 Å². The lowest BCUT2D eigenvalue weighted by molar-refractivity contribution is -0.113. The monoisotopic (exact) mass is 467 g/mol. The number of nitrogens with zero attached hydrogens (tertiary/aromatic N) is 2. The van der Waals surface area contributed by atoms with E-state index in [2.05, 4.69) is 31.4 Å². The third-order valence-electron chi connectivity index (χ3n) is 3.49. The van der Waals surface area contributed by atoms with Crippen molar-refractivity contribution in [1.82, 2.24) is 10.2 Å². The molecule has 0 radical (unpaired) electrons. The largest absolute Gasteiger partial charge is 0.497 e. The Morgan fingerprint density at radius 3 is 2.74 bits per heavy atom. The smallest absolute Gasteiger partial charge is 0.277 e. The van der Waals surface area contributed by atoms with Gasteiger partial charge in [0.25, 0.3) is 5.22 Å². The number of ether oxygens (including phenoxy) is 1. The van der Waals surface area contributed by atoms with E-state index in [-0.39, 0.29) is 11.7 Å². The highest BCUT2D eigenvalue weighted by Gasteiger charge is 2.11. The standard InChI is InChI=1S/C18H15BrClN3O3S/c1-25-13-5-2-11(3-6-13)8-17-22-23-18(26-17)27-10-16(24)21-12-4-7-15(20)14(19)9-12/h2-7,9H,8,10H2,1H3,(H,21,24). The van der Waals surface area contributed by atoms with Gasteiger partial charge in [-0.05, 0) is 51.8 Å². The number of nitrogens with one attached hydrogen (secondary N) is 1. The van der Waals surface area contributed by atoms with Crippen molar-refractivity contribution >= 4 is 50.9 Å². The van der Waals surface area contributed by atoms with E-state index in [0.29, 0.717) is 28.2 Å². The number of hydrogen-bond donors (Lipinski definition) is 1. The van der Waals surface area contributed by atoms with Crippen LogP contribution in [0.2, 0.25) is 5.02 Å². The molecular formula is C18H15BrClN3O3S. The number of halogens is 2. The first-order valence-corrected chi connectivity index (χ1v) is 10.0. The number of rotatable bonds is 7. The first-order chi connectivity index (χ1) is 13.0. The number of anilines is 1. The number of carbonyl (C=O) groups is 1. The van der Waals surface area contributed by atoms with E-state index in [0.717, 1.165) is 15.8 Å². The van der Waals surface area contributed by atoms with E-state index < -0.39 is 0 Å². The van der Waals surface area contributed by atoms with Crippen LogP contribution in [0.15, 0.2) is 56.6 Å². The minimum atomic E-state index is -0.177. The van der Waals surface area contributed by atoms with Crippen LogP contribution in [0, 0.1) is 0 Å². The van der Waals surface area contributed by atoms with Crippen molar-refractivity contribution in [3.8, 4) is 5.75 Å².